The highest BCUT2D eigenvalue weighted by Gasteiger charge is 2.26. The van der Waals surface area contributed by atoms with Crippen molar-refractivity contribution in [2.45, 2.75) is 53.1 Å². The van der Waals surface area contributed by atoms with E-state index in [9.17, 15) is 4.79 Å². The summed E-state index contributed by atoms with van der Waals surface area (Å²) < 4.78 is 0. The van der Waals surface area contributed by atoms with Crippen LogP contribution in [0.25, 0.3) is 0 Å². The minimum atomic E-state index is -0.707. The molecular weight excluding hydrogens is 258 g/mol. The second-order valence-corrected chi connectivity index (χ2v) is 6.97. The Morgan fingerprint density at radius 1 is 1.47 bits per heavy atom. The summed E-state index contributed by atoms with van der Waals surface area (Å²) in [5.74, 6) is -0.707. The summed E-state index contributed by atoms with van der Waals surface area (Å²) in [5, 5.41) is 11.2. The zero-order valence-electron chi connectivity index (χ0n) is 12.3. The number of carboxylic acid groups (broad SMARTS) is 1. The van der Waals surface area contributed by atoms with Gasteiger partial charge in [-0.1, -0.05) is 6.07 Å². The minimum Gasteiger partial charge on any atom is -0.481 e. The van der Waals surface area contributed by atoms with Gasteiger partial charge in [-0.15, -0.1) is 11.3 Å². The molecule has 4 heteroatoms. The van der Waals surface area contributed by atoms with Gasteiger partial charge in [0.05, 0.1) is 5.41 Å². The van der Waals surface area contributed by atoms with Crippen molar-refractivity contribution < 1.29 is 9.90 Å². The quantitative estimate of drug-likeness (QED) is 0.788. The van der Waals surface area contributed by atoms with Crippen molar-refractivity contribution in [3.63, 3.8) is 0 Å². The molecule has 0 saturated heterocycles. The molecule has 0 radical (unpaired) electrons. The lowest BCUT2D eigenvalue weighted by atomic mass is 9.88. The predicted octanol–water partition coefficient (Wildman–Crippen LogP) is 3.85. The molecule has 0 aliphatic rings. The Morgan fingerprint density at radius 2 is 2.16 bits per heavy atom. The number of rotatable bonds is 8. The van der Waals surface area contributed by atoms with Crippen LogP contribution in [-0.4, -0.2) is 28.6 Å². The van der Waals surface area contributed by atoms with Crippen LogP contribution >= 0.6 is 11.3 Å². The standard InChI is InChI=1S/C15H25NO2S/c1-12(2)16(11-13-7-5-10-19-13)9-6-8-15(3,4)14(17)18/h5,7,10,12H,6,8-9,11H2,1-4H3,(H,17,18). The number of hydrogen-bond donors (Lipinski definition) is 1. The van der Waals surface area contributed by atoms with Gasteiger partial charge in [0.1, 0.15) is 0 Å². The highest BCUT2D eigenvalue weighted by Crippen LogP contribution is 2.23. The number of carboxylic acids is 1. The molecule has 0 bridgehead atoms. The molecule has 108 valence electrons. The zero-order chi connectivity index (χ0) is 14.5. The van der Waals surface area contributed by atoms with Crippen molar-refractivity contribution >= 4 is 17.3 Å². The van der Waals surface area contributed by atoms with Gasteiger partial charge in [-0.05, 0) is 58.5 Å². The number of aliphatic carboxylic acids is 1. The lowest BCUT2D eigenvalue weighted by Crippen LogP contribution is -2.32. The van der Waals surface area contributed by atoms with Crippen LogP contribution in [0.15, 0.2) is 17.5 Å². The third-order valence-corrected chi connectivity index (χ3v) is 4.36. The van der Waals surface area contributed by atoms with E-state index < -0.39 is 11.4 Å². The van der Waals surface area contributed by atoms with Gasteiger partial charge in [0.25, 0.3) is 0 Å². The Hall–Kier alpha value is -0.870. The van der Waals surface area contributed by atoms with Gasteiger partial charge in [-0.25, -0.2) is 0 Å². The maximum absolute atomic E-state index is 11.1. The molecule has 3 nitrogen and oxygen atoms in total. The van der Waals surface area contributed by atoms with E-state index in [1.165, 1.54) is 4.88 Å². The Balaban J connectivity index is 2.45. The van der Waals surface area contributed by atoms with Crippen LogP contribution in [0.1, 0.15) is 45.4 Å². The third-order valence-electron chi connectivity index (χ3n) is 3.50. The lowest BCUT2D eigenvalue weighted by molar-refractivity contribution is -0.147. The fourth-order valence-electron chi connectivity index (χ4n) is 1.95. The van der Waals surface area contributed by atoms with Gasteiger partial charge in [-0.3, -0.25) is 9.69 Å². The van der Waals surface area contributed by atoms with E-state index in [1.54, 1.807) is 25.2 Å². The molecule has 0 aliphatic heterocycles. The zero-order valence-corrected chi connectivity index (χ0v) is 13.2. The van der Waals surface area contributed by atoms with Crippen LogP contribution in [0.2, 0.25) is 0 Å². The van der Waals surface area contributed by atoms with Crippen LogP contribution in [0.3, 0.4) is 0 Å². The predicted molar refractivity (Wildman–Crippen MR) is 80.5 cm³/mol. The Kier molecular flexibility index (Phi) is 6.01. The average Bonchev–Trinajstić information content (AvgIpc) is 2.79. The molecular formula is C15H25NO2S. The first kappa shape index (κ1) is 16.2. The first-order valence-electron chi connectivity index (χ1n) is 6.83. The second-order valence-electron chi connectivity index (χ2n) is 5.94. The van der Waals surface area contributed by atoms with E-state index in [4.69, 9.17) is 5.11 Å². The molecule has 19 heavy (non-hydrogen) atoms. The Bertz CT molecular complexity index is 385. The molecule has 0 aliphatic carbocycles. The number of thiophene rings is 1. The SMILES string of the molecule is CC(C)N(CCCC(C)(C)C(=O)O)Cc1cccs1. The molecule has 1 N–H and O–H groups in total. The van der Waals surface area contributed by atoms with Crippen LogP contribution in [0.5, 0.6) is 0 Å². The Labute approximate surface area is 120 Å². The Morgan fingerprint density at radius 3 is 2.63 bits per heavy atom. The molecule has 0 fully saturated rings. The van der Waals surface area contributed by atoms with Crippen LogP contribution in [-0.2, 0) is 11.3 Å². The molecule has 1 rings (SSSR count). The first-order valence-corrected chi connectivity index (χ1v) is 7.71. The average molecular weight is 283 g/mol. The molecule has 0 spiro atoms. The summed E-state index contributed by atoms with van der Waals surface area (Å²) in [6.45, 7) is 9.89. The fourth-order valence-corrected chi connectivity index (χ4v) is 2.68. The van der Waals surface area contributed by atoms with Gasteiger partial charge in [0.2, 0.25) is 0 Å². The monoisotopic (exact) mass is 283 g/mol. The van der Waals surface area contributed by atoms with E-state index in [-0.39, 0.29) is 0 Å². The smallest absolute Gasteiger partial charge is 0.309 e. The van der Waals surface area contributed by atoms with Crippen LogP contribution in [0.4, 0.5) is 0 Å². The van der Waals surface area contributed by atoms with E-state index in [2.05, 4.69) is 36.3 Å². The topological polar surface area (TPSA) is 40.5 Å². The number of hydrogen-bond acceptors (Lipinski definition) is 3. The van der Waals surface area contributed by atoms with Crippen molar-refractivity contribution in [3.05, 3.63) is 22.4 Å². The van der Waals surface area contributed by atoms with Crippen LogP contribution in [0, 0.1) is 5.41 Å². The van der Waals surface area contributed by atoms with Crippen molar-refractivity contribution in [2.24, 2.45) is 5.41 Å². The number of nitrogens with zero attached hydrogens (tertiary/aromatic N) is 1. The fraction of sp³-hybridized carbons (Fsp3) is 0.667. The summed E-state index contributed by atoms with van der Waals surface area (Å²) in [6, 6.07) is 4.71. The van der Waals surface area contributed by atoms with Crippen molar-refractivity contribution in [1.82, 2.24) is 4.90 Å². The van der Waals surface area contributed by atoms with E-state index in [0.29, 0.717) is 6.04 Å². The van der Waals surface area contributed by atoms with Gasteiger partial charge in [-0.2, -0.15) is 0 Å². The van der Waals surface area contributed by atoms with Gasteiger partial charge < -0.3 is 5.11 Å². The second kappa shape index (κ2) is 7.06. The molecule has 0 aromatic carbocycles. The summed E-state index contributed by atoms with van der Waals surface area (Å²) in [5.41, 5.74) is -0.619. The van der Waals surface area contributed by atoms with Gasteiger partial charge >= 0.3 is 5.97 Å². The highest BCUT2D eigenvalue weighted by atomic mass is 32.1. The van der Waals surface area contributed by atoms with Gasteiger partial charge in [0, 0.05) is 17.5 Å². The molecule has 0 unspecified atom stereocenters. The maximum Gasteiger partial charge on any atom is 0.309 e. The van der Waals surface area contributed by atoms with E-state index in [0.717, 1.165) is 25.9 Å². The summed E-state index contributed by atoms with van der Waals surface area (Å²) in [7, 11) is 0. The summed E-state index contributed by atoms with van der Waals surface area (Å²) in [6.07, 6.45) is 1.64. The maximum atomic E-state index is 11.1. The van der Waals surface area contributed by atoms with Crippen LogP contribution < -0.4 is 0 Å². The van der Waals surface area contributed by atoms with Crippen molar-refractivity contribution in [2.75, 3.05) is 6.54 Å². The van der Waals surface area contributed by atoms with Crippen molar-refractivity contribution in [3.8, 4) is 0 Å². The largest absolute Gasteiger partial charge is 0.481 e. The van der Waals surface area contributed by atoms with E-state index in [1.807, 2.05) is 0 Å². The normalized spacial score (nSPS) is 12.3. The number of carbonyl (C=O) groups is 1. The minimum absolute atomic E-state index is 0.482. The molecule has 1 aromatic heterocycles. The highest BCUT2D eigenvalue weighted by molar-refractivity contribution is 7.09. The first-order chi connectivity index (χ1) is 8.83. The molecule has 0 saturated carbocycles. The third kappa shape index (κ3) is 5.33. The molecule has 1 heterocycles. The summed E-state index contributed by atoms with van der Waals surface area (Å²) >= 11 is 1.78. The van der Waals surface area contributed by atoms with Gasteiger partial charge in [0.15, 0.2) is 0 Å². The van der Waals surface area contributed by atoms with E-state index >= 15 is 0 Å². The van der Waals surface area contributed by atoms with Crippen molar-refractivity contribution in [1.29, 1.82) is 0 Å². The molecule has 0 atom stereocenters. The molecule has 1 aromatic rings. The summed E-state index contributed by atoms with van der Waals surface area (Å²) in [4.78, 5) is 14.8. The lowest BCUT2D eigenvalue weighted by Gasteiger charge is -2.27. The molecule has 0 amide bonds.